The molecule has 1 aromatic heterocycles. The molecule has 2 aromatic rings. The van der Waals surface area contributed by atoms with E-state index >= 15 is 0 Å². The van der Waals surface area contributed by atoms with Crippen LogP contribution in [-0.2, 0) is 11.3 Å². The van der Waals surface area contributed by atoms with Crippen molar-refractivity contribution >= 4 is 18.3 Å². The highest BCUT2D eigenvalue weighted by Crippen LogP contribution is 2.26. The summed E-state index contributed by atoms with van der Waals surface area (Å²) >= 11 is 0. The predicted molar refractivity (Wildman–Crippen MR) is 98.1 cm³/mol. The fourth-order valence-corrected chi connectivity index (χ4v) is 3.30. The van der Waals surface area contributed by atoms with E-state index in [0.717, 1.165) is 18.4 Å². The second kappa shape index (κ2) is 9.48. The average molecular weight is 365 g/mol. The Morgan fingerprint density at radius 3 is 2.64 bits per heavy atom. The number of nitrogens with one attached hydrogen (secondary N) is 1. The molecule has 8 heteroatoms. The van der Waals surface area contributed by atoms with Gasteiger partial charge < -0.3 is 11.1 Å². The molecule has 0 radical (unpaired) electrons. The number of carbonyl (C=O) groups excluding carboxylic acids is 1. The van der Waals surface area contributed by atoms with E-state index in [9.17, 15) is 4.79 Å². The summed E-state index contributed by atoms with van der Waals surface area (Å²) in [4.78, 5) is 13.6. The molecule has 0 bridgehead atoms. The van der Waals surface area contributed by atoms with Gasteiger partial charge in [0.25, 0.3) is 0 Å². The first kappa shape index (κ1) is 19.3. The Bertz CT molecular complexity index is 656. The molecule has 136 valence electrons. The largest absolute Gasteiger partial charge is 0.350 e. The van der Waals surface area contributed by atoms with Gasteiger partial charge in [0.1, 0.15) is 6.54 Å². The second-order valence-electron chi connectivity index (χ2n) is 6.32. The van der Waals surface area contributed by atoms with Crippen LogP contribution in [0.5, 0.6) is 0 Å². The molecule has 0 aliphatic heterocycles. The summed E-state index contributed by atoms with van der Waals surface area (Å²) in [6, 6.07) is 9.62. The van der Waals surface area contributed by atoms with Crippen molar-refractivity contribution in [2.75, 3.05) is 6.54 Å². The molecule has 7 nitrogen and oxygen atoms in total. The van der Waals surface area contributed by atoms with Gasteiger partial charge in [0.2, 0.25) is 11.7 Å². The molecule has 1 fully saturated rings. The Kier molecular flexibility index (Phi) is 7.33. The number of rotatable bonds is 6. The van der Waals surface area contributed by atoms with Crippen LogP contribution in [-0.4, -0.2) is 38.7 Å². The lowest BCUT2D eigenvalue weighted by Gasteiger charge is -2.29. The first-order chi connectivity index (χ1) is 11.8. The number of hydrogen-bond donors (Lipinski definition) is 2. The van der Waals surface area contributed by atoms with Crippen molar-refractivity contribution in [1.82, 2.24) is 25.5 Å². The Balaban J connectivity index is 0.00000225. The van der Waals surface area contributed by atoms with Crippen LogP contribution >= 0.6 is 12.4 Å². The normalized spacial score (nSPS) is 16.0. The standard InChI is InChI=1S/C17H24N6O.ClH/c18-11-15(13-7-3-1-4-8-13)19-16(24)12-23-21-17(20-22-23)14-9-5-2-6-10-14;/h2,5-6,9-10,13,15H,1,3-4,7-8,11-12,18H2,(H,19,24);1H. The van der Waals surface area contributed by atoms with Crippen molar-refractivity contribution in [3.63, 3.8) is 0 Å². The number of nitrogens with zero attached hydrogens (tertiary/aromatic N) is 4. The van der Waals surface area contributed by atoms with E-state index in [4.69, 9.17) is 5.73 Å². The molecule has 0 spiro atoms. The molecular weight excluding hydrogens is 340 g/mol. The molecule has 1 aromatic carbocycles. The van der Waals surface area contributed by atoms with Gasteiger partial charge in [-0.25, -0.2) is 0 Å². The molecule has 3 N–H and O–H groups in total. The monoisotopic (exact) mass is 364 g/mol. The molecular formula is C17H25ClN6O. The third kappa shape index (κ3) is 5.24. The van der Waals surface area contributed by atoms with Crippen LogP contribution in [0.4, 0.5) is 0 Å². The molecule has 1 atom stereocenters. The maximum Gasteiger partial charge on any atom is 0.243 e. The van der Waals surface area contributed by atoms with Crippen LogP contribution in [0.25, 0.3) is 11.4 Å². The molecule has 25 heavy (non-hydrogen) atoms. The highest BCUT2D eigenvalue weighted by molar-refractivity contribution is 5.85. The molecule has 1 unspecified atom stereocenters. The van der Waals surface area contributed by atoms with E-state index in [1.165, 1.54) is 24.1 Å². The van der Waals surface area contributed by atoms with Gasteiger partial charge in [-0.05, 0) is 24.0 Å². The summed E-state index contributed by atoms with van der Waals surface area (Å²) in [6.07, 6.45) is 6.01. The van der Waals surface area contributed by atoms with Gasteiger partial charge in [0.15, 0.2) is 0 Å². The van der Waals surface area contributed by atoms with E-state index in [0.29, 0.717) is 18.3 Å². The molecule has 3 rings (SSSR count). The van der Waals surface area contributed by atoms with Crippen LogP contribution in [0.2, 0.25) is 0 Å². The van der Waals surface area contributed by atoms with Gasteiger partial charge in [-0.15, -0.1) is 22.6 Å². The van der Waals surface area contributed by atoms with Gasteiger partial charge in [-0.3, -0.25) is 4.79 Å². The fraction of sp³-hybridized carbons (Fsp3) is 0.529. The van der Waals surface area contributed by atoms with Gasteiger partial charge in [-0.2, -0.15) is 4.80 Å². The summed E-state index contributed by atoms with van der Waals surface area (Å²) in [5.74, 6) is 0.885. The van der Waals surface area contributed by atoms with E-state index in [2.05, 4.69) is 20.7 Å². The van der Waals surface area contributed by atoms with E-state index in [1.54, 1.807) is 0 Å². The zero-order valence-electron chi connectivity index (χ0n) is 14.2. The lowest BCUT2D eigenvalue weighted by atomic mass is 9.84. The van der Waals surface area contributed by atoms with E-state index < -0.39 is 0 Å². The van der Waals surface area contributed by atoms with Crippen LogP contribution in [0, 0.1) is 5.92 Å². The SMILES string of the molecule is Cl.NCC(NC(=O)Cn1nnc(-c2ccccc2)n1)C1CCCCC1. The number of halogens is 1. The Morgan fingerprint density at radius 2 is 1.96 bits per heavy atom. The van der Waals surface area contributed by atoms with Crippen LogP contribution < -0.4 is 11.1 Å². The summed E-state index contributed by atoms with van der Waals surface area (Å²) in [5, 5.41) is 15.3. The topological polar surface area (TPSA) is 98.7 Å². The molecule has 1 heterocycles. The van der Waals surface area contributed by atoms with Crippen molar-refractivity contribution < 1.29 is 4.79 Å². The maximum atomic E-state index is 12.3. The number of hydrogen-bond acceptors (Lipinski definition) is 5. The van der Waals surface area contributed by atoms with Gasteiger partial charge in [0.05, 0.1) is 0 Å². The fourth-order valence-electron chi connectivity index (χ4n) is 3.30. The summed E-state index contributed by atoms with van der Waals surface area (Å²) < 4.78 is 0. The van der Waals surface area contributed by atoms with Crippen LogP contribution in [0.3, 0.4) is 0 Å². The molecule has 1 saturated carbocycles. The smallest absolute Gasteiger partial charge is 0.243 e. The van der Waals surface area contributed by atoms with Crippen molar-refractivity contribution in [3.05, 3.63) is 30.3 Å². The van der Waals surface area contributed by atoms with E-state index in [-0.39, 0.29) is 30.9 Å². The van der Waals surface area contributed by atoms with Crippen LogP contribution in [0.1, 0.15) is 32.1 Å². The minimum absolute atomic E-state index is 0. The van der Waals surface area contributed by atoms with Crippen molar-refractivity contribution in [2.24, 2.45) is 11.7 Å². The zero-order valence-corrected chi connectivity index (χ0v) is 15.0. The highest BCUT2D eigenvalue weighted by Gasteiger charge is 2.24. The Labute approximate surface area is 153 Å². The Morgan fingerprint density at radius 1 is 1.24 bits per heavy atom. The number of amides is 1. The van der Waals surface area contributed by atoms with Gasteiger partial charge >= 0.3 is 0 Å². The molecule has 1 aliphatic carbocycles. The minimum atomic E-state index is -0.118. The second-order valence-corrected chi connectivity index (χ2v) is 6.32. The quantitative estimate of drug-likeness (QED) is 0.814. The number of benzene rings is 1. The lowest BCUT2D eigenvalue weighted by Crippen LogP contribution is -2.47. The lowest BCUT2D eigenvalue weighted by molar-refractivity contribution is -0.123. The third-order valence-electron chi connectivity index (χ3n) is 4.59. The zero-order chi connectivity index (χ0) is 16.8. The third-order valence-corrected chi connectivity index (χ3v) is 4.59. The van der Waals surface area contributed by atoms with Gasteiger partial charge in [0, 0.05) is 18.2 Å². The number of carbonyl (C=O) groups is 1. The summed E-state index contributed by atoms with van der Waals surface area (Å²) in [7, 11) is 0. The van der Waals surface area contributed by atoms with Gasteiger partial charge in [-0.1, -0.05) is 49.6 Å². The maximum absolute atomic E-state index is 12.3. The first-order valence-corrected chi connectivity index (χ1v) is 8.59. The van der Waals surface area contributed by atoms with Crippen molar-refractivity contribution in [3.8, 4) is 11.4 Å². The first-order valence-electron chi connectivity index (χ1n) is 8.59. The molecule has 0 saturated heterocycles. The summed E-state index contributed by atoms with van der Waals surface area (Å²) in [6.45, 7) is 0.527. The number of tetrazole rings is 1. The van der Waals surface area contributed by atoms with Crippen LogP contribution in [0.15, 0.2) is 30.3 Å². The molecule has 1 amide bonds. The number of nitrogens with two attached hydrogens (primary N) is 1. The minimum Gasteiger partial charge on any atom is -0.350 e. The highest BCUT2D eigenvalue weighted by atomic mass is 35.5. The molecule has 1 aliphatic rings. The number of aromatic nitrogens is 4. The predicted octanol–water partition coefficient (Wildman–Crippen LogP) is 1.79. The van der Waals surface area contributed by atoms with E-state index in [1.807, 2.05) is 30.3 Å². The van der Waals surface area contributed by atoms with Crippen molar-refractivity contribution in [1.29, 1.82) is 0 Å². The van der Waals surface area contributed by atoms with Crippen molar-refractivity contribution in [2.45, 2.75) is 44.7 Å². The summed E-state index contributed by atoms with van der Waals surface area (Å²) in [5.41, 5.74) is 6.74. The Hall–Kier alpha value is -1.99. The average Bonchev–Trinajstić information content (AvgIpc) is 3.09.